The topological polar surface area (TPSA) is 85.8 Å². The van der Waals surface area contributed by atoms with E-state index in [2.05, 4.69) is 15.4 Å². The van der Waals surface area contributed by atoms with E-state index in [1.165, 1.54) is 11.3 Å². The van der Waals surface area contributed by atoms with Crippen LogP contribution in [0.4, 0.5) is 5.69 Å². The fourth-order valence-electron chi connectivity index (χ4n) is 1.35. The van der Waals surface area contributed by atoms with Crippen LogP contribution in [0.15, 0.2) is 17.1 Å². The van der Waals surface area contributed by atoms with Crippen LogP contribution in [0.5, 0.6) is 0 Å². The molecule has 0 saturated carbocycles. The summed E-state index contributed by atoms with van der Waals surface area (Å²) in [5, 5.41) is 8.70. The number of nitrogens with one attached hydrogen (secondary N) is 1. The Labute approximate surface area is 102 Å². The van der Waals surface area contributed by atoms with Crippen LogP contribution in [-0.2, 0) is 13.1 Å². The molecule has 0 aliphatic heterocycles. The van der Waals surface area contributed by atoms with Crippen molar-refractivity contribution >= 4 is 22.9 Å². The highest BCUT2D eigenvalue weighted by molar-refractivity contribution is 7.07. The van der Waals surface area contributed by atoms with Gasteiger partial charge in [-0.2, -0.15) is 5.10 Å². The lowest BCUT2D eigenvalue weighted by Gasteiger charge is -2.00. The summed E-state index contributed by atoms with van der Waals surface area (Å²) in [6.07, 6.45) is 1.65. The molecule has 0 aromatic carbocycles. The number of nitrogens with zero attached hydrogens (tertiary/aromatic N) is 3. The molecule has 17 heavy (non-hydrogen) atoms. The first-order chi connectivity index (χ1) is 8.20. The molecule has 2 aromatic rings. The van der Waals surface area contributed by atoms with Gasteiger partial charge >= 0.3 is 0 Å². The second-order valence-electron chi connectivity index (χ2n) is 3.45. The number of anilines is 1. The van der Waals surface area contributed by atoms with Gasteiger partial charge < -0.3 is 11.1 Å². The first-order valence-corrected chi connectivity index (χ1v) is 6.13. The van der Waals surface area contributed by atoms with Crippen molar-refractivity contribution in [2.45, 2.75) is 20.0 Å². The molecule has 0 aliphatic rings. The van der Waals surface area contributed by atoms with Crippen LogP contribution in [0.2, 0.25) is 0 Å². The smallest absolute Gasteiger partial charge is 0.274 e. The molecule has 2 aromatic heterocycles. The van der Waals surface area contributed by atoms with E-state index in [1.807, 2.05) is 12.3 Å². The number of rotatable bonds is 4. The number of hydrogen-bond donors (Lipinski definition) is 2. The summed E-state index contributed by atoms with van der Waals surface area (Å²) in [6.45, 7) is 3.01. The molecule has 0 spiro atoms. The first kappa shape index (κ1) is 11.6. The number of nitrogens with two attached hydrogens (primary N) is 1. The van der Waals surface area contributed by atoms with Gasteiger partial charge in [0.2, 0.25) is 0 Å². The highest BCUT2D eigenvalue weighted by Gasteiger charge is 2.14. The van der Waals surface area contributed by atoms with E-state index in [0.717, 1.165) is 5.69 Å². The first-order valence-electron chi connectivity index (χ1n) is 5.19. The lowest BCUT2D eigenvalue weighted by Crippen LogP contribution is -2.24. The Morgan fingerprint density at radius 1 is 1.65 bits per heavy atom. The number of amides is 1. The fourth-order valence-corrected chi connectivity index (χ4v) is 1.91. The molecule has 0 bridgehead atoms. The van der Waals surface area contributed by atoms with Crippen LogP contribution in [0.1, 0.15) is 23.1 Å². The molecule has 90 valence electrons. The zero-order valence-corrected chi connectivity index (χ0v) is 10.2. The molecule has 2 rings (SSSR count). The molecule has 7 heteroatoms. The number of aromatic nitrogens is 3. The molecule has 0 radical (unpaired) electrons. The van der Waals surface area contributed by atoms with Crippen LogP contribution in [0.3, 0.4) is 0 Å². The van der Waals surface area contributed by atoms with Crippen LogP contribution in [0.25, 0.3) is 0 Å². The van der Waals surface area contributed by atoms with Gasteiger partial charge in [0, 0.05) is 18.1 Å². The van der Waals surface area contributed by atoms with Crippen molar-refractivity contribution < 1.29 is 4.79 Å². The maximum atomic E-state index is 11.8. The predicted molar refractivity (Wildman–Crippen MR) is 65.6 cm³/mol. The summed E-state index contributed by atoms with van der Waals surface area (Å²) in [6, 6.07) is 0. The van der Waals surface area contributed by atoms with Crippen LogP contribution in [0, 0.1) is 0 Å². The molecule has 0 saturated heterocycles. The third-order valence-corrected chi connectivity index (χ3v) is 2.88. The van der Waals surface area contributed by atoms with Crippen LogP contribution < -0.4 is 11.1 Å². The molecule has 0 aliphatic carbocycles. The molecule has 3 N–H and O–H groups in total. The van der Waals surface area contributed by atoms with E-state index in [0.29, 0.717) is 18.8 Å². The molecular formula is C10H13N5OS. The lowest BCUT2D eigenvalue weighted by atomic mass is 10.3. The third kappa shape index (κ3) is 2.62. The van der Waals surface area contributed by atoms with Crippen molar-refractivity contribution in [3.63, 3.8) is 0 Å². The minimum atomic E-state index is -0.275. The van der Waals surface area contributed by atoms with Crippen molar-refractivity contribution in [3.8, 4) is 0 Å². The summed E-state index contributed by atoms with van der Waals surface area (Å²) in [5.74, 6) is -0.275. The Hall–Kier alpha value is -1.89. The average molecular weight is 251 g/mol. The maximum absolute atomic E-state index is 11.8. The third-order valence-electron chi connectivity index (χ3n) is 2.24. The van der Waals surface area contributed by atoms with Crippen molar-refractivity contribution in [2.75, 3.05) is 5.73 Å². The SMILES string of the molecule is CCn1cc(N)c(C(=O)NCc2cscn2)n1. The Bertz CT molecular complexity index is 505. The van der Waals surface area contributed by atoms with Crippen LogP contribution in [-0.4, -0.2) is 20.7 Å². The molecule has 0 atom stereocenters. The number of hydrogen-bond acceptors (Lipinski definition) is 5. The van der Waals surface area contributed by atoms with Crippen molar-refractivity contribution in [2.24, 2.45) is 0 Å². The number of carbonyl (C=O) groups excluding carboxylic acids is 1. The summed E-state index contributed by atoms with van der Waals surface area (Å²) in [4.78, 5) is 15.9. The molecule has 6 nitrogen and oxygen atoms in total. The maximum Gasteiger partial charge on any atom is 0.274 e. The minimum Gasteiger partial charge on any atom is -0.396 e. The predicted octanol–water partition coefficient (Wildman–Crippen LogP) is 0.872. The highest BCUT2D eigenvalue weighted by atomic mass is 32.1. The van der Waals surface area contributed by atoms with E-state index in [-0.39, 0.29) is 11.6 Å². The average Bonchev–Trinajstić information content (AvgIpc) is 2.94. The van der Waals surface area contributed by atoms with Gasteiger partial charge in [-0.1, -0.05) is 0 Å². The summed E-state index contributed by atoms with van der Waals surface area (Å²) >= 11 is 1.49. The van der Waals surface area contributed by atoms with E-state index in [9.17, 15) is 4.79 Å². The van der Waals surface area contributed by atoms with E-state index < -0.39 is 0 Å². The van der Waals surface area contributed by atoms with E-state index >= 15 is 0 Å². The zero-order chi connectivity index (χ0) is 12.3. The summed E-state index contributed by atoms with van der Waals surface area (Å²) in [7, 11) is 0. The largest absolute Gasteiger partial charge is 0.396 e. The zero-order valence-electron chi connectivity index (χ0n) is 9.38. The van der Waals surface area contributed by atoms with Gasteiger partial charge in [-0.15, -0.1) is 11.3 Å². The fraction of sp³-hybridized carbons (Fsp3) is 0.300. The van der Waals surface area contributed by atoms with Gasteiger partial charge in [0.15, 0.2) is 5.69 Å². The lowest BCUT2D eigenvalue weighted by molar-refractivity contribution is 0.0945. The normalized spacial score (nSPS) is 10.4. The van der Waals surface area contributed by atoms with Gasteiger partial charge in [-0.3, -0.25) is 9.48 Å². The molecular weight excluding hydrogens is 238 g/mol. The molecule has 2 heterocycles. The molecule has 0 fully saturated rings. The van der Waals surface area contributed by atoms with E-state index in [4.69, 9.17) is 5.73 Å². The van der Waals surface area contributed by atoms with Gasteiger partial charge in [0.05, 0.1) is 23.4 Å². The number of thiazole rings is 1. The van der Waals surface area contributed by atoms with Gasteiger partial charge in [-0.05, 0) is 6.92 Å². The second kappa shape index (κ2) is 4.96. The van der Waals surface area contributed by atoms with Gasteiger partial charge in [-0.25, -0.2) is 4.98 Å². The Morgan fingerprint density at radius 2 is 2.47 bits per heavy atom. The van der Waals surface area contributed by atoms with Crippen LogP contribution >= 0.6 is 11.3 Å². The number of carbonyl (C=O) groups is 1. The van der Waals surface area contributed by atoms with Crippen molar-refractivity contribution in [1.29, 1.82) is 0 Å². The Morgan fingerprint density at radius 3 is 3.06 bits per heavy atom. The highest BCUT2D eigenvalue weighted by Crippen LogP contribution is 2.09. The Kier molecular flexibility index (Phi) is 3.38. The second-order valence-corrected chi connectivity index (χ2v) is 4.17. The quantitative estimate of drug-likeness (QED) is 0.844. The Balaban J connectivity index is 2.01. The standard InChI is InChI=1S/C10H13N5OS/c1-2-15-4-8(11)9(14-15)10(16)12-3-7-5-17-6-13-7/h4-6H,2-3,11H2,1H3,(H,12,16). The molecule has 1 amide bonds. The minimum absolute atomic E-state index is 0.266. The van der Waals surface area contributed by atoms with E-state index in [1.54, 1.807) is 16.4 Å². The van der Waals surface area contributed by atoms with Gasteiger partial charge in [0.25, 0.3) is 5.91 Å². The monoisotopic (exact) mass is 251 g/mol. The summed E-state index contributed by atoms with van der Waals surface area (Å²) in [5.41, 5.74) is 8.92. The van der Waals surface area contributed by atoms with Crippen molar-refractivity contribution in [1.82, 2.24) is 20.1 Å². The van der Waals surface area contributed by atoms with Crippen molar-refractivity contribution in [3.05, 3.63) is 28.5 Å². The molecule has 0 unspecified atom stereocenters. The van der Waals surface area contributed by atoms with Gasteiger partial charge in [0.1, 0.15) is 0 Å². The number of nitrogen functional groups attached to an aromatic ring is 1. The summed E-state index contributed by atoms with van der Waals surface area (Å²) < 4.78 is 1.63. The number of aryl methyl sites for hydroxylation is 1.